The molecule has 16 aromatic rings. The SMILES string of the molecule is [2H]c1c([2H])c(-n2c3ccccc3c3cc4ccc5cccc6ccc(c4c56)c32)c([2H])c2c1B1c3sc4cc([Si](C)(C)C)ccc4c3N(c3c(-c4ccccc4)cc(C(C)(C)C)cc3-c3ccccc3)c3cc(C(C)(C)C)cc(c31)N2c1c(-c2ccccc2)cc(C(C)(C)C)cc1-c1ccccc1. The maximum absolute atomic E-state index is 11.9. The molecule has 0 aliphatic carbocycles. The predicted octanol–water partition coefficient (Wildman–Crippen LogP) is 24.1. The van der Waals surface area contributed by atoms with Crippen molar-refractivity contribution < 1.29 is 4.11 Å². The molecule has 480 valence electrons. The summed E-state index contributed by atoms with van der Waals surface area (Å²) in [6.45, 7) is 27.6. The van der Waals surface area contributed by atoms with Gasteiger partial charge in [-0.15, -0.1) is 11.3 Å². The van der Waals surface area contributed by atoms with E-state index in [1.165, 1.54) is 37.2 Å². The number of aromatic nitrogens is 1. The fourth-order valence-electron chi connectivity index (χ4n) is 16.2. The third-order valence-corrected chi connectivity index (χ3v) is 24.6. The molecule has 2 aliphatic rings. The summed E-state index contributed by atoms with van der Waals surface area (Å²) in [5.41, 5.74) is 20.6. The second-order valence-corrected chi connectivity index (χ2v) is 38.0. The van der Waals surface area contributed by atoms with Gasteiger partial charge in [0.25, 0.3) is 6.71 Å². The molecule has 3 nitrogen and oxygen atoms in total. The van der Waals surface area contributed by atoms with Crippen LogP contribution < -0.4 is 30.7 Å². The highest BCUT2D eigenvalue weighted by atomic mass is 32.1. The predicted molar refractivity (Wildman–Crippen MR) is 435 cm³/mol. The first-order valence-corrected chi connectivity index (χ1v) is 39.4. The molecule has 0 unspecified atom stereocenters. The molecule has 0 saturated heterocycles. The van der Waals surface area contributed by atoms with E-state index in [4.69, 9.17) is 0 Å². The zero-order valence-electron chi connectivity index (χ0n) is 61.5. The molecule has 2 aliphatic heterocycles. The van der Waals surface area contributed by atoms with Crippen LogP contribution in [0.1, 0.15) is 83.1 Å². The van der Waals surface area contributed by atoms with Gasteiger partial charge in [0.15, 0.2) is 0 Å². The molecule has 0 fully saturated rings. The van der Waals surface area contributed by atoms with E-state index >= 15 is 0 Å². The van der Waals surface area contributed by atoms with E-state index in [1.807, 2.05) is 11.3 Å². The molecule has 0 N–H and O–H groups in total. The number of benzene rings is 14. The molecule has 0 bridgehead atoms. The molecular weight excluding hydrogens is 1230 g/mol. The van der Waals surface area contributed by atoms with Gasteiger partial charge in [-0.1, -0.05) is 287 Å². The van der Waals surface area contributed by atoms with Crippen LogP contribution in [0.3, 0.4) is 0 Å². The molecule has 18 rings (SSSR count). The van der Waals surface area contributed by atoms with Gasteiger partial charge < -0.3 is 14.4 Å². The van der Waals surface area contributed by atoms with Crippen molar-refractivity contribution in [1.82, 2.24) is 4.57 Å². The lowest BCUT2D eigenvalue weighted by Crippen LogP contribution is -2.60. The highest BCUT2D eigenvalue weighted by Gasteiger charge is 2.48. The molecule has 0 amide bonds. The summed E-state index contributed by atoms with van der Waals surface area (Å²) in [5.74, 6) is 0. The zero-order valence-corrected chi connectivity index (χ0v) is 60.3. The summed E-state index contributed by atoms with van der Waals surface area (Å²) >= 11 is 1.84. The van der Waals surface area contributed by atoms with Crippen LogP contribution >= 0.6 is 11.3 Å². The summed E-state index contributed by atoms with van der Waals surface area (Å²) in [5, 5.41) is 11.4. The Morgan fingerprint density at radius 1 is 0.394 bits per heavy atom. The van der Waals surface area contributed by atoms with Crippen LogP contribution in [0.15, 0.2) is 267 Å². The van der Waals surface area contributed by atoms with Crippen molar-refractivity contribution in [2.24, 2.45) is 0 Å². The van der Waals surface area contributed by atoms with Crippen LogP contribution in [0.4, 0.5) is 34.1 Å². The van der Waals surface area contributed by atoms with Crippen molar-refractivity contribution >= 4 is 145 Å². The van der Waals surface area contributed by atoms with Crippen LogP contribution in [0.5, 0.6) is 0 Å². The van der Waals surface area contributed by atoms with Crippen molar-refractivity contribution in [3.05, 3.63) is 284 Å². The summed E-state index contributed by atoms with van der Waals surface area (Å²) in [6, 6.07) is 92.4. The molecule has 0 atom stereocenters. The van der Waals surface area contributed by atoms with Gasteiger partial charge in [0, 0.05) is 76.0 Å². The van der Waals surface area contributed by atoms with E-state index in [2.05, 4.69) is 345 Å². The van der Waals surface area contributed by atoms with Crippen molar-refractivity contribution in [2.45, 2.75) is 98.2 Å². The van der Waals surface area contributed by atoms with Crippen LogP contribution in [0, 0.1) is 0 Å². The van der Waals surface area contributed by atoms with E-state index in [0.717, 1.165) is 132 Å². The van der Waals surface area contributed by atoms with E-state index in [1.54, 1.807) is 0 Å². The minimum atomic E-state index is -1.91. The van der Waals surface area contributed by atoms with Gasteiger partial charge in [-0.2, -0.15) is 0 Å². The Balaban J connectivity index is 1.07. The number of rotatable bonds is 8. The number of thiophene rings is 1. The molecule has 99 heavy (non-hydrogen) atoms. The quantitative estimate of drug-likeness (QED) is 0.111. The van der Waals surface area contributed by atoms with Gasteiger partial charge >= 0.3 is 0 Å². The smallest absolute Gasteiger partial charge is 0.264 e. The van der Waals surface area contributed by atoms with Gasteiger partial charge in [-0.25, -0.2) is 0 Å². The molecule has 4 heterocycles. The van der Waals surface area contributed by atoms with Crippen LogP contribution in [-0.4, -0.2) is 19.4 Å². The normalized spacial score (nSPS) is 13.8. The van der Waals surface area contributed by atoms with E-state index in [9.17, 15) is 4.11 Å². The molecule has 14 aromatic carbocycles. The molecule has 2 aromatic heterocycles. The van der Waals surface area contributed by atoms with Gasteiger partial charge in [0.1, 0.15) is 0 Å². The maximum atomic E-state index is 11.9. The standard InChI is InChI=1S/C93H80BN3SSi/c1-91(2,3)64-49-72(57-28-17-13-18-29-57)87(73(50-64)58-30-19-14-20-31-58)96-79-55-67(95-78-39-26-25-38-69(78)76-48-63-41-40-61-36-27-37-62-42-45-71(86(76)95)84(63)83(61)62)43-47-77(79)94-85-80(96)53-66(93(7,8)9)54-81(85)97(89-70-46-44-68(99(10,11)12)56-82(70)98-90(89)94)88-74(59-32-21-15-22-33-59)51-65(92(4,5)6)52-75(88)60-34-23-16-24-35-60/h13-56H,1-12H3/i43D,47D,55D. The molecule has 6 heteroatoms. The third kappa shape index (κ3) is 9.64. The molecule has 0 radical (unpaired) electrons. The number of fused-ring (bicyclic) bond motifs is 10. The number of anilines is 6. The van der Waals surface area contributed by atoms with E-state index < -0.39 is 20.2 Å². The Hall–Kier alpha value is -10.2. The van der Waals surface area contributed by atoms with Crippen LogP contribution in [-0.2, 0) is 16.2 Å². The minimum Gasteiger partial charge on any atom is -0.310 e. The zero-order chi connectivity index (χ0) is 70.4. The van der Waals surface area contributed by atoms with Crippen LogP contribution in [0.25, 0.3) is 114 Å². The maximum Gasteiger partial charge on any atom is 0.264 e. The monoisotopic (exact) mass is 1310 g/mol. The topological polar surface area (TPSA) is 11.4 Å². The second kappa shape index (κ2) is 22.1. The third-order valence-electron chi connectivity index (χ3n) is 21.4. The summed E-state index contributed by atoms with van der Waals surface area (Å²) in [7, 11) is -1.91. The highest BCUT2D eigenvalue weighted by molar-refractivity contribution is 7.33. The van der Waals surface area contributed by atoms with Gasteiger partial charge in [-0.05, 0) is 160 Å². The average Bonchev–Trinajstić information content (AvgIpc) is 1.21. The summed E-state index contributed by atoms with van der Waals surface area (Å²) < 4.78 is 39.2. The Kier molecular flexibility index (Phi) is 12.9. The van der Waals surface area contributed by atoms with Crippen molar-refractivity contribution in [1.29, 1.82) is 0 Å². The van der Waals surface area contributed by atoms with E-state index in [0.29, 0.717) is 16.8 Å². The lowest BCUT2D eigenvalue weighted by Gasteiger charge is -2.46. The Labute approximate surface area is 591 Å². The highest BCUT2D eigenvalue weighted by Crippen LogP contribution is 2.57. The first-order chi connectivity index (χ1) is 48.9. The fraction of sp³-hybridized carbons (Fsp3) is 0.161. The van der Waals surface area contributed by atoms with E-state index in [-0.39, 0.29) is 29.0 Å². The average molecular weight is 1310 g/mol. The fourth-order valence-corrected chi connectivity index (χ4v) is 18.8. The number of para-hydroxylation sites is 1. The Bertz CT molecular complexity index is 6010. The number of hydrogen-bond acceptors (Lipinski definition) is 3. The van der Waals surface area contributed by atoms with Gasteiger partial charge in [0.05, 0.1) is 40.3 Å². The van der Waals surface area contributed by atoms with Crippen molar-refractivity contribution in [2.75, 3.05) is 9.80 Å². The first kappa shape index (κ1) is 57.8. The number of nitrogens with zero attached hydrogens (tertiary/aromatic N) is 3. The number of hydrogen-bond donors (Lipinski definition) is 0. The second-order valence-electron chi connectivity index (χ2n) is 31.8. The summed E-state index contributed by atoms with van der Waals surface area (Å²) in [4.78, 5) is 5.11. The Morgan fingerprint density at radius 3 is 1.40 bits per heavy atom. The van der Waals surface area contributed by atoms with Crippen molar-refractivity contribution in [3.8, 4) is 50.2 Å². The van der Waals surface area contributed by atoms with Gasteiger partial charge in [0.2, 0.25) is 0 Å². The lowest BCUT2D eigenvalue weighted by atomic mass is 9.36. The van der Waals surface area contributed by atoms with Crippen molar-refractivity contribution in [3.63, 3.8) is 0 Å². The minimum absolute atomic E-state index is 0.0135. The Morgan fingerprint density at radius 2 is 0.869 bits per heavy atom. The largest absolute Gasteiger partial charge is 0.310 e. The van der Waals surface area contributed by atoms with Gasteiger partial charge in [-0.3, -0.25) is 0 Å². The molecule has 0 spiro atoms. The van der Waals surface area contributed by atoms with Crippen LogP contribution in [0.2, 0.25) is 19.6 Å². The first-order valence-electron chi connectivity index (χ1n) is 36.6. The molecular formula is C93H80BN3SSi. The lowest BCUT2D eigenvalue weighted by molar-refractivity contribution is 0.590. The summed E-state index contributed by atoms with van der Waals surface area (Å²) in [6.07, 6.45) is 0. The molecule has 0 saturated carbocycles.